The topological polar surface area (TPSA) is 85.1 Å². The van der Waals surface area contributed by atoms with E-state index in [1.165, 1.54) is 6.20 Å². The van der Waals surface area contributed by atoms with Gasteiger partial charge in [-0.3, -0.25) is 9.71 Å². The zero-order valence-electron chi connectivity index (χ0n) is 11.4. The second-order valence-electron chi connectivity index (χ2n) is 4.61. The van der Waals surface area contributed by atoms with Crippen LogP contribution >= 0.6 is 12.2 Å². The second-order valence-corrected chi connectivity index (χ2v) is 6.77. The number of rotatable bonds is 5. The molecule has 0 fully saturated rings. The van der Waals surface area contributed by atoms with Crippen LogP contribution in [0.1, 0.15) is 16.8 Å². The highest BCUT2D eigenvalue weighted by Crippen LogP contribution is 2.13. The molecule has 0 saturated heterocycles. The van der Waals surface area contributed by atoms with Gasteiger partial charge in [-0.1, -0.05) is 36.5 Å². The number of pyridine rings is 1. The maximum Gasteiger partial charge on any atom is 0.236 e. The van der Waals surface area contributed by atoms with Crippen molar-refractivity contribution in [1.29, 1.82) is 0 Å². The Kier molecular flexibility index (Phi) is 4.54. The summed E-state index contributed by atoms with van der Waals surface area (Å²) in [6, 6.07) is 10.2. The average Bonchev–Trinajstić information content (AvgIpc) is 2.41. The largest absolute Gasteiger partial charge is 0.389 e. The van der Waals surface area contributed by atoms with Gasteiger partial charge in [-0.15, -0.1) is 0 Å². The monoisotopic (exact) mass is 321 g/mol. The van der Waals surface area contributed by atoms with E-state index in [2.05, 4.69) is 9.71 Å². The molecule has 0 unspecified atom stereocenters. The molecule has 0 atom stereocenters. The van der Waals surface area contributed by atoms with Crippen LogP contribution in [0.15, 0.2) is 42.6 Å². The molecule has 1 heterocycles. The summed E-state index contributed by atoms with van der Waals surface area (Å²) in [6.45, 7) is 1.84. The van der Waals surface area contributed by atoms with Crippen LogP contribution in [0.4, 0.5) is 5.69 Å². The second kappa shape index (κ2) is 6.19. The maximum absolute atomic E-state index is 12.1. The number of thiocarbonyl (C=S) groups is 1. The predicted octanol–water partition coefficient (Wildman–Crippen LogP) is 1.97. The molecule has 0 aliphatic rings. The van der Waals surface area contributed by atoms with Crippen molar-refractivity contribution in [2.45, 2.75) is 12.7 Å². The minimum absolute atomic E-state index is 0.126. The Labute approximate surface area is 129 Å². The van der Waals surface area contributed by atoms with Crippen LogP contribution in [-0.4, -0.2) is 18.4 Å². The van der Waals surface area contributed by atoms with Crippen molar-refractivity contribution in [3.63, 3.8) is 0 Å². The van der Waals surface area contributed by atoms with Crippen LogP contribution in [0.3, 0.4) is 0 Å². The highest BCUT2D eigenvalue weighted by atomic mass is 32.2. The van der Waals surface area contributed by atoms with Gasteiger partial charge >= 0.3 is 0 Å². The minimum Gasteiger partial charge on any atom is -0.389 e. The van der Waals surface area contributed by atoms with E-state index in [0.29, 0.717) is 16.8 Å². The predicted molar refractivity (Wildman–Crippen MR) is 87.5 cm³/mol. The van der Waals surface area contributed by atoms with Gasteiger partial charge in [0.15, 0.2) is 0 Å². The van der Waals surface area contributed by atoms with Crippen molar-refractivity contribution in [2.24, 2.45) is 5.73 Å². The van der Waals surface area contributed by atoms with Crippen LogP contribution in [0, 0.1) is 6.92 Å². The van der Waals surface area contributed by atoms with Gasteiger partial charge < -0.3 is 5.73 Å². The van der Waals surface area contributed by atoms with Crippen LogP contribution in [0.25, 0.3) is 0 Å². The van der Waals surface area contributed by atoms with Crippen molar-refractivity contribution in [3.8, 4) is 0 Å². The highest BCUT2D eigenvalue weighted by molar-refractivity contribution is 7.91. The minimum atomic E-state index is -3.49. The van der Waals surface area contributed by atoms with E-state index in [9.17, 15) is 8.42 Å². The smallest absolute Gasteiger partial charge is 0.236 e. The summed E-state index contributed by atoms with van der Waals surface area (Å²) in [5.41, 5.74) is 8.13. The Morgan fingerprint density at radius 2 is 1.90 bits per heavy atom. The van der Waals surface area contributed by atoms with Gasteiger partial charge in [0.05, 0.1) is 17.6 Å². The molecule has 3 N–H and O–H groups in total. The molecule has 21 heavy (non-hydrogen) atoms. The molecule has 2 rings (SSSR count). The summed E-state index contributed by atoms with van der Waals surface area (Å²) in [7, 11) is -3.49. The van der Waals surface area contributed by atoms with Crippen molar-refractivity contribution in [2.75, 3.05) is 4.72 Å². The Morgan fingerprint density at radius 3 is 2.43 bits per heavy atom. The summed E-state index contributed by atoms with van der Waals surface area (Å²) in [5.74, 6) is -0.126. The number of sulfonamides is 1. The summed E-state index contributed by atoms with van der Waals surface area (Å²) in [6.07, 6.45) is 1.49. The number of nitrogens with zero attached hydrogens (tertiary/aromatic N) is 1. The van der Waals surface area contributed by atoms with Crippen LogP contribution < -0.4 is 10.5 Å². The van der Waals surface area contributed by atoms with Crippen molar-refractivity contribution < 1.29 is 8.42 Å². The fraction of sp³-hybridized carbons (Fsp3) is 0.143. The van der Waals surface area contributed by atoms with Crippen molar-refractivity contribution >= 4 is 32.9 Å². The maximum atomic E-state index is 12.1. The summed E-state index contributed by atoms with van der Waals surface area (Å²) < 4.78 is 26.7. The lowest BCUT2D eigenvalue weighted by molar-refractivity contribution is 0.600. The van der Waals surface area contributed by atoms with E-state index in [0.717, 1.165) is 5.69 Å². The summed E-state index contributed by atoms with van der Waals surface area (Å²) in [4.78, 5) is 4.33. The molecule has 0 spiro atoms. The molecular formula is C14H15N3O2S2. The van der Waals surface area contributed by atoms with E-state index in [-0.39, 0.29) is 10.7 Å². The number of anilines is 1. The molecule has 0 aliphatic heterocycles. The molecule has 5 nitrogen and oxygen atoms in total. The third-order valence-corrected chi connectivity index (χ3v) is 4.28. The average molecular weight is 321 g/mol. The molecule has 0 aliphatic carbocycles. The number of nitrogens with one attached hydrogen (secondary N) is 1. The fourth-order valence-electron chi connectivity index (χ4n) is 1.73. The molecule has 1 aromatic heterocycles. The fourth-order valence-corrected chi connectivity index (χ4v) is 3.05. The van der Waals surface area contributed by atoms with Gasteiger partial charge in [-0.2, -0.15) is 0 Å². The lowest BCUT2D eigenvalue weighted by Crippen LogP contribution is -2.15. The number of aromatic nitrogens is 1. The zero-order valence-corrected chi connectivity index (χ0v) is 13.0. The van der Waals surface area contributed by atoms with Crippen LogP contribution in [0.5, 0.6) is 0 Å². The van der Waals surface area contributed by atoms with E-state index in [1.54, 1.807) is 36.4 Å². The van der Waals surface area contributed by atoms with E-state index in [4.69, 9.17) is 18.0 Å². The van der Waals surface area contributed by atoms with Crippen LogP contribution in [-0.2, 0) is 15.8 Å². The first-order chi connectivity index (χ1) is 9.85. The molecule has 0 bridgehead atoms. The first-order valence-electron chi connectivity index (χ1n) is 6.18. The first-order valence-corrected chi connectivity index (χ1v) is 8.24. The molecule has 7 heteroatoms. The molecule has 110 valence electrons. The first kappa shape index (κ1) is 15.4. The van der Waals surface area contributed by atoms with Crippen LogP contribution in [0.2, 0.25) is 0 Å². The van der Waals surface area contributed by atoms with E-state index >= 15 is 0 Å². The third kappa shape index (κ3) is 4.51. The number of aryl methyl sites for hydroxylation is 1. The molecule has 2 aromatic rings. The molecule has 1 aromatic carbocycles. The zero-order chi connectivity index (χ0) is 15.5. The van der Waals surface area contributed by atoms with Gasteiger partial charge in [-0.25, -0.2) is 8.42 Å². The summed E-state index contributed by atoms with van der Waals surface area (Å²) >= 11 is 4.85. The SMILES string of the molecule is Cc1ccc(NS(=O)(=O)Cc2ccc(C(N)=S)cc2)cn1. The standard InChI is InChI=1S/C14H15N3O2S2/c1-10-2-7-13(8-16-10)17-21(18,19)9-11-3-5-12(6-4-11)14(15)20/h2-8,17H,9H2,1H3,(H2,15,20). The quantitative estimate of drug-likeness (QED) is 0.822. The highest BCUT2D eigenvalue weighted by Gasteiger charge is 2.12. The van der Waals surface area contributed by atoms with Crippen molar-refractivity contribution in [3.05, 3.63) is 59.4 Å². The van der Waals surface area contributed by atoms with Gasteiger partial charge in [0.25, 0.3) is 0 Å². The normalized spacial score (nSPS) is 11.1. The van der Waals surface area contributed by atoms with E-state index in [1.807, 2.05) is 6.92 Å². The Bertz CT molecular complexity index is 739. The number of benzene rings is 1. The van der Waals surface area contributed by atoms with Crippen molar-refractivity contribution in [1.82, 2.24) is 4.98 Å². The Hall–Kier alpha value is -1.99. The van der Waals surface area contributed by atoms with Gasteiger partial charge in [0.1, 0.15) is 4.99 Å². The Morgan fingerprint density at radius 1 is 1.24 bits per heavy atom. The molecule has 0 amide bonds. The number of nitrogens with two attached hydrogens (primary N) is 1. The van der Waals surface area contributed by atoms with Gasteiger partial charge in [-0.05, 0) is 24.6 Å². The van der Waals surface area contributed by atoms with Gasteiger partial charge in [0, 0.05) is 11.3 Å². The summed E-state index contributed by atoms with van der Waals surface area (Å²) in [5, 5.41) is 0. The Balaban J connectivity index is 2.10. The van der Waals surface area contributed by atoms with Gasteiger partial charge in [0.2, 0.25) is 10.0 Å². The number of hydrogen-bond donors (Lipinski definition) is 2. The lowest BCUT2D eigenvalue weighted by Gasteiger charge is -2.08. The number of hydrogen-bond acceptors (Lipinski definition) is 4. The lowest BCUT2D eigenvalue weighted by atomic mass is 10.1. The third-order valence-electron chi connectivity index (χ3n) is 2.78. The molecular weight excluding hydrogens is 306 g/mol. The van der Waals surface area contributed by atoms with E-state index < -0.39 is 10.0 Å². The molecule has 0 saturated carbocycles. The molecule has 0 radical (unpaired) electrons.